The van der Waals surface area contributed by atoms with Crippen LogP contribution in [0.25, 0.3) is 0 Å². The van der Waals surface area contributed by atoms with Crippen molar-refractivity contribution in [3.05, 3.63) is 41.7 Å². The van der Waals surface area contributed by atoms with Crippen molar-refractivity contribution in [3.8, 4) is 11.5 Å². The van der Waals surface area contributed by atoms with Gasteiger partial charge >= 0.3 is 0 Å². The third kappa shape index (κ3) is 1.82. The van der Waals surface area contributed by atoms with Crippen molar-refractivity contribution in [3.63, 3.8) is 0 Å². The van der Waals surface area contributed by atoms with Gasteiger partial charge in [-0.3, -0.25) is 4.68 Å². The monoisotopic (exact) mass is 245 g/mol. The number of nitrogens with two attached hydrogens (primary N) is 1. The number of hydrogen-bond acceptors (Lipinski definition) is 4. The summed E-state index contributed by atoms with van der Waals surface area (Å²) in [6.45, 7) is 1.18. The summed E-state index contributed by atoms with van der Waals surface area (Å²) in [6, 6.07) is 7.51. The summed E-state index contributed by atoms with van der Waals surface area (Å²) >= 11 is 0. The maximum absolute atomic E-state index is 6.24. The lowest BCUT2D eigenvalue weighted by atomic mass is 10.0. The molecule has 0 bridgehead atoms. The van der Waals surface area contributed by atoms with E-state index in [1.165, 1.54) is 0 Å². The molecule has 2 aromatic rings. The molecular formula is C13H15N3O2. The second kappa shape index (κ2) is 4.34. The van der Waals surface area contributed by atoms with Gasteiger partial charge in [0, 0.05) is 13.2 Å². The van der Waals surface area contributed by atoms with E-state index in [-0.39, 0.29) is 6.04 Å². The van der Waals surface area contributed by atoms with Crippen LogP contribution in [0.4, 0.5) is 0 Å². The molecule has 2 N–H and O–H groups in total. The molecule has 0 saturated heterocycles. The molecule has 0 spiro atoms. The quantitative estimate of drug-likeness (QED) is 0.864. The minimum Gasteiger partial charge on any atom is -0.486 e. The number of rotatable bonds is 2. The van der Waals surface area contributed by atoms with Crippen molar-refractivity contribution in [1.82, 2.24) is 9.78 Å². The number of benzene rings is 1. The van der Waals surface area contributed by atoms with Crippen molar-refractivity contribution in [2.75, 3.05) is 13.2 Å². The highest BCUT2D eigenvalue weighted by Crippen LogP contribution is 2.33. The molecule has 1 aliphatic rings. The molecule has 2 heterocycles. The fourth-order valence-corrected chi connectivity index (χ4v) is 2.11. The van der Waals surface area contributed by atoms with Crippen molar-refractivity contribution < 1.29 is 9.47 Å². The summed E-state index contributed by atoms with van der Waals surface area (Å²) in [6.07, 6.45) is 1.74. The number of nitrogens with zero attached hydrogens (tertiary/aromatic N) is 2. The molecule has 0 saturated carbocycles. The van der Waals surface area contributed by atoms with Crippen LogP contribution in [0.1, 0.15) is 17.3 Å². The molecule has 5 heteroatoms. The lowest BCUT2D eigenvalue weighted by Gasteiger charge is -2.20. The fraction of sp³-hybridized carbons (Fsp3) is 0.308. The maximum Gasteiger partial charge on any atom is 0.161 e. The first-order valence-electron chi connectivity index (χ1n) is 5.89. The molecule has 0 amide bonds. The lowest BCUT2D eigenvalue weighted by molar-refractivity contribution is 0.171. The second-order valence-corrected chi connectivity index (χ2v) is 4.26. The van der Waals surface area contributed by atoms with E-state index in [0.29, 0.717) is 13.2 Å². The summed E-state index contributed by atoms with van der Waals surface area (Å²) in [5, 5.41) is 4.13. The van der Waals surface area contributed by atoms with Crippen LogP contribution in [0.5, 0.6) is 11.5 Å². The van der Waals surface area contributed by atoms with Gasteiger partial charge < -0.3 is 15.2 Å². The highest BCUT2D eigenvalue weighted by molar-refractivity contribution is 5.45. The molecule has 0 radical (unpaired) electrons. The highest BCUT2D eigenvalue weighted by Gasteiger charge is 2.17. The molecule has 0 aliphatic carbocycles. The summed E-state index contributed by atoms with van der Waals surface area (Å²) in [5.74, 6) is 1.54. The van der Waals surface area contributed by atoms with Crippen molar-refractivity contribution in [1.29, 1.82) is 0 Å². The zero-order valence-corrected chi connectivity index (χ0v) is 10.2. The molecule has 1 atom stereocenters. The van der Waals surface area contributed by atoms with Crippen LogP contribution in [0, 0.1) is 0 Å². The SMILES string of the molecule is Cn1nccc1C(N)c1ccc2c(c1)OCCO2. The van der Waals surface area contributed by atoms with E-state index in [1.807, 2.05) is 31.3 Å². The molecule has 1 unspecified atom stereocenters. The van der Waals surface area contributed by atoms with Gasteiger partial charge in [0.05, 0.1) is 11.7 Å². The molecule has 0 fully saturated rings. The maximum atomic E-state index is 6.24. The third-order valence-electron chi connectivity index (χ3n) is 3.10. The Balaban J connectivity index is 1.95. The van der Waals surface area contributed by atoms with Gasteiger partial charge in [0.15, 0.2) is 11.5 Å². The topological polar surface area (TPSA) is 62.3 Å². The van der Waals surface area contributed by atoms with Gasteiger partial charge in [0.25, 0.3) is 0 Å². The van der Waals surface area contributed by atoms with Crippen LogP contribution in [-0.2, 0) is 7.05 Å². The van der Waals surface area contributed by atoms with Gasteiger partial charge in [-0.2, -0.15) is 5.10 Å². The normalized spacial score (nSPS) is 15.4. The zero-order valence-electron chi connectivity index (χ0n) is 10.2. The largest absolute Gasteiger partial charge is 0.486 e. The van der Waals surface area contributed by atoms with E-state index < -0.39 is 0 Å². The first-order valence-corrected chi connectivity index (χ1v) is 5.89. The molecule has 18 heavy (non-hydrogen) atoms. The first kappa shape index (κ1) is 11.1. The van der Waals surface area contributed by atoms with Crippen molar-refractivity contribution in [2.45, 2.75) is 6.04 Å². The lowest BCUT2D eigenvalue weighted by Crippen LogP contribution is -2.18. The van der Waals surface area contributed by atoms with Gasteiger partial charge in [-0.1, -0.05) is 6.07 Å². The third-order valence-corrected chi connectivity index (χ3v) is 3.10. The van der Waals surface area contributed by atoms with Crippen LogP contribution in [0.15, 0.2) is 30.5 Å². The summed E-state index contributed by atoms with van der Waals surface area (Å²) in [4.78, 5) is 0. The van der Waals surface area contributed by atoms with Crippen LogP contribution in [-0.4, -0.2) is 23.0 Å². The Morgan fingerprint density at radius 3 is 2.72 bits per heavy atom. The number of ether oxygens (including phenoxy) is 2. The zero-order chi connectivity index (χ0) is 12.5. The average Bonchev–Trinajstić information content (AvgIpc) is 2.83. The van der Waals surface area contributed by atoms with E-state index in [9.17, 15) is 0 Å². The van der Waals surface area contributed by atoms with Gasteiger partial charge in [-0.05, 0) is 23.8 Å². The first-order chi connectivity index (χ1) is 8.75. The Kier molecular flexibility index (Phi) is 2.68. The molecule has 94 valence electrons. The Labute approximate surface area is 105 Å². The highest BCUT2D eigenvalue weighted by atomic mass is 16.6. The predicted molar refractivity (Wildman–Crippen MR) is 66.7 cm³/mol. The van der Waals surface area contributed by atoms with E-state index in [2.05, 4.69) is 5.10 Å². The van der Waals surface area contributed by atoms with Crippen molar-refractivity contribution >= 4 is 0 Å². The minimum atomic E-state index is -0.215. The standard InChI is InChI=1S/C13H15N3O2/c1-16-10(4-5-15-16)13(14)9-2-3-11-12(8-9)18-7-6-17-11/h2-5,8,13H,6-7,14H2,1H3. The Bertz CT molecular complexity index is 565. The number of aromatic nitrogens is 2. The smallest absolute Gasteiger partial charge is 0.161 e. The Morgan fingerprint density at radius 2 is 2.00 bits per heavy atom. The van der Waals surface area contributed by atoms with Crippen LogP contribution < -0.4 is 15.2 Å². The summed E-state index contributed by atoms with van der Waals surface area (Å²) in [7, 11) is 1.88. The van der Waals surface area contributed by atoms with E-state index in [1.54, 1.807) is 10.9 Å². The van der Waals surface area contributed by atoms with Crippen LogP contribution in [0.3, 0.4) is 0 Å². The predicted octanol–water partition coefficient (Wildman–Crippen LogP) is 1.24. The van der Waals surface area contributed by atoms with Crippen molar-refractivity contribution in [2.24, 2.45) is 12.8 Å². The molecule has 1 aromatic heterocycles. The fourth-order valence-electron chi connectivity index (χ4n) is 2.11. The Morgan fingerprint density at radius 1 is 1.22 bits per heavy atom. The average molecular weight is 245 g/mol. The second-order valence-electron chi connectivity index (χ2n) is 4.26. The van der Waals surface area contributed by atoms with Gasteiger partial charge in [-0.15, -0.1) is 0 Å². The number of fused-ring (bicyclic) bond motifs is 1. The molecule has 1 aromatic carbocycles. The summed E-state index contributed by atoms with van der Waals surface area (Å²) < 4.78 is 12.8. The number of aryl methyl sites for hydroxylation is 1. The number of hydrogen-bond donors (Lipinski definition) is 1. The molecule has 5 nitrogen and oxygen atoms in total. The van der Waals surface area contributed by atoms with Crippen LogP contribution >= 0.6 is 0 Å². The summed E-state index contributed by atoms with van der Waals surface area (Å²) in [5.41, 5.74) is 8.19. The van der Waals surface area contributed by atoms with E-state index >= 15 is 0 Å². The van der Waals surface area contributed by atoms with Crippen LogP contribution in [0.2, 0.25) is 0 Å². The van der Waals surface area contributed by atoms with Gasteiger partial charge in [0.1, 0.15) is 13.2 Å². The van der Waals surface area contributed by atoms with Gasteiger partial charge in [0.2, 0.25) is 0 Å². The molecular weight excluding hydrogens is 230 g/mol. The van der Waals surface area contributed by atoms with E-state index in [0.717, 1.165) is 22.8 Å². The molecule has 3 rings (SSSR count). The Hall–Kier alpha value is -2.01. The van der Waals surface area contributed by atoms with E-state index in [4.69, 9.17) is 15.2 Å². The van der Waals surface area contributed by atoms with Gasteiger partial charge in [-0.25, -0.2) is 0 Å². The minimum absolute atomic E-state index is 0.215. The molecule has 1 aliphatic heterocycles.